The number of Topliss-reactive ketones (excluding diaryl/α,β-unsaturated/α-hetero) is 1. The minimum atomic E-state index is -0.632. The summed E-state index contributed by atoms with van der Waals surface area (Å²) in [5.41, 5.74) is 0.515. The van der Waals surface area contributed by atoms with Crippen LogP contribution in [0.2, 0.25) is 0 Å². The maximum atomic E-state index is 12.8. The Morgan fingerprint density at radius 1 is 1.05 bits per heavy atom. The van der Waals surface area contributed by atoms with Crippen molar-refractivity contribution < 1.29 is 23.8 Å². The van der Waals surface area contributed by atoms with Gasteiger partial charge in [-0.2, -0.15) is 0 Å². The molecule has 0 radical (unpaired) electrons. The van der Waals surface area contributed by atoms with E-state index in [4.69, 9.17) is 4.74 Å². The predicted molar refractivity (Wildman–Crippen MR) is 78.4 cm³/mol. The Morgan fingerprint density at radius 3 is 2.41 bits per heavy atom. The van der Waals surface area contributed by atoms with Crippen molar-refractivity contribution in [3.8, 4) is 5.75 Å². The molecule has 22 heavy (non-hydrogen) atoms. The predicted octanol–water partition coefficient (Wildman–Crippen LogP) is 3.35. The maximum Gasteiger partial charge on any atom is 0.341 e. The smallest absolute Gasteiger partial charge is 0.341 e. The molecule has 0 aliphatic rings. The van der Waals surface area contributed by atoms with Gasteiger partial charge in [0.15, 0.2) is 5.78 Å². The lowest BCUT2D eigenvalue weighted by Gasteiger charge is -2.06. The first kappa shape index (κ1) is 15.7. The van der Waals surface area contributed by atoms with Crippen LogP contribution in [0.25, 0.3) is 0 Å². The molecule has 0 fully saturated rings. The third-order valence-electron chi connectivity index (χ3n) is 3.07. The number of rotatable bonds is 6. The highest BCUT2D eigenvalue weighted by molar-refractivity contribution is 5.96. The topological polar surface area (TPSA) is 63.6 Å². The normalized spacial score (nSPS) is 10.2. The van der Waals surface area contributed by atoms with E-state index in [2.05, 4.69) is 0 Å². The lowest BCUT2D eigenvalue weighted by molar-refractivity contribution is 0.0491. The number of hydrogen-bond donors (Lipinski definition) is 1. The molecule has 0 amide bonds. The molecule has 4 nitrogen and oxygen atoms in total. The van der Waals surface area contributed by atoms with Crippen molar-refractivity contribution >= 4 is 11.8 Å². The Kier molecular flexibility index (Phi) is 5.25. The standard InChI is InChI=1S/C17H15FO4/c18-13-9-7-12(8-10-13)15(19)6-3-11-22-17(21)14-4-1-2-5-16(14)20/h1-2,4-5,7-10,20H,3,6,11H2. The minimum Gasteiger partial charge on any atom is -0.507 e. The fourth-order valence-electron chi connectivity index (χ4n) is 1.90. The number of benzene rings is 2. The van der Waals surface area contributed by atoms with Gasteiger partial charge in [-0.15, -0.1) is 0 Å². The summed E-state index contributed by atoms with van der Waals surface area (Å²) in [6.45, 7) is 0.0695. The van der Waals surface area contributed by atoms with Gasteiger partial charge in [-0.05, 0) is 42.8 Å². The van der Waals surface area contributed by atoms with Gasteiger partial charge < -0.3 is 9.84 Å². The summed E-state index contributed by atoms with van der Waals surface area (Å²) in [6.07, 6.45) is 0.551. The monoisotopic (exact) mass is 302 g/mol. The van der Waals surface area contributed by atoms with Crippen molar-refractivity contribution in [2.75, 3.05) is 6.61 Å². The van der Waals surface area contributed by atoms with E-state index >= 15 is 0 Å². The molecule has 0 spiro atoms. The molecule has 2 aromatic rings. The number of hydrogen-bond acceptors (Lipinski definition) is 4. The van der Waals surface area contributed by atoms with Crippen molar-refractivity contribution in [2.24, 2.45) is 0 Å². The third kappa shape index (κ3) is 4.15. The Labute approximate surface area is 127 Å². The molecule has 2 rings (SSSR count). The van der Waals surface area contributed by atoms with E-state index in [1.165, 1.54) is 36.4 Å². The van der Waals surface area contributed by atoms with Crippen LogP contribution in [0.1, 0.15) is 33.6 Å². The van der Waals surface area contributed by atoms with Gasteiger partial charge in [0.25, 0.3) is 0 Å². The molecule has 0 bridgehead atoms. The zero-order valence-corrected chi connectivity index (χ0v) is 11.8. The van der Waals surface area contributed by atoms with Gasteiger partial charge in [0.2, 0.25) is 0 Å². The van der Waals surface area contributed by atoms with E-state index in [0.29, 0.717) is 12.0 Å². The number of phenolic OH excluding ortho intramolecular Hbond substituents is 1. The van der Waals surface area contributed by atoms with Gasteiger partial charge >= 0.3 is 5.97 Å². The Bertz CT molecular complexity index is 665. The molecule has 0 saturated heterocycles. The molecule has 1 N–H and O–H groups in total. The van der Waals surface area contributed by atoms with Crippen molar-refractivity contribution in [1.82, 2.24) is 0 Å². The molecule has 0 atom stereocenters. The minimum absolute atomic E-state index is 0.0695. The van der Waals surface area contributed by atoms with Gasteiger partial charge in [-0.3, -0.25) is 4.79 Å². The van der Waals surface area contributed by atoms with E-state index in [9.17, 15) is 19.1 Å². The number of carbonyl (C=O) groups excluding carboxylic acids is 2. The summed E-state index contributed by atoms with van der Waals surface area (Å²) in [6, 6.07) is 11.4. The molecule has 0 heterocycles. The maximum absolute atomic E-state index is 12.8. The molecule has 0 aliphatic carbocycles. The second kappa shape index (κ2) is 7.36. The average Bonchev–Trinajstić information content (AvgIpc) is 2.52. The highest BCUT2D eigenvalue weighted by Crippen LogP contribution is 2.16. The quantitative estimate of drug-likeness (QED) is 0.505. The number of carbonyl (C=O) groups is 2. The SMILES string of the molecule is O=C(CCCOC(=O)c1ccccc1O)c1ccc(F)cc1. The summed E-state index contributed by atoms with van der Waals surface area (Å²) in [4.78, 5) is 23.5. The molecule has 0 aliphatic heterocycles. The van der Waals surface area contributed by atoms with Gasteiger partial charge in [0, 0.05) is 12.0 Å². The third-order valence-corrected chi connectivity index (χ3v) is 3.07. The molecule has 2 aromatic carbocycles. The van der Waals surface area contributed by atoms with Crippen LogP contribution in [-0.4, -0.2) is 23.5 Å². The highest BCUT2D eigenvalue weighted by atomic mass is 19.1. The summed E-state index contributed by atoms with van der Waals surface area (Å²) >= 11 is 0. The van der Waals surface area contributed by atoms with Crippen LogP contribution in [0.5, 0.6) is 5.75 Å². The summed E-state index contributed by atoms with van der Waals surface area (Å²) < 4.78 is 17.8. The van der Waals surface area contributed by atoms with Crippen LogP contribution < -0.4 is 0 Å². The first-order chi connectivity index (χ1) is 10.6. The molecule has 114 valence electrons. The fraction of sp³-hybridized carbons (Fsp3) is 0.176. The van der Waals surface area contributed by atoms with Crippen LogP contribution in [0, 0.1) is 5.82 Å². The second-order valence-corrected chi connectivity index (χ2v) is 4.69. The van der Waals surface area contributed by atoms with Crippen LogP contribution >= 0.6 is 0 Å². The Balaban J connectivity index is 1.77. The number of ketones is 1. The summed E-state index contributed by atoms with van der Waals surface area (Å²) in [7, 11) is 0. The Morgan fingerprint density at radius 2 is 1.73 bits per heavy atom. The van der Waals surface area contributed by atoms with Crippen LogP contribution in [-0.2, 0) is 4.74 Å². The number of phenols is 1. The van der Waals surface area contributed by atoms with Gasteiger partial charge in [-0.1, -0.05) is 12.1 Å². The number of ether oxygens (including phenoxy) is 1. The van der Waals surface area contributed by atoms with E-state index in [-0.39, 0.29) is 30.1 Å². The zero-order valence-electron chi connectivity index (χ0n) is 11.8. The number of esters is 1. The van der Waals surface area contributed by atoms with Crippen molar-refractivity contribution in [2.45, 2.75) is 12.8 Å². The van der Waals surface area contributed by atoms with Crippen molar-refractivity contribution in [3.63, 3.8) is 0 Å². The number of aromatic hydroxyl groups is 1. The lowest BCUT2D eigenvalue weighted by Crippen LogP contribution is -2.08. The van der Waals surface area contributed by atoms with Gasteiger partial charge in [-0.25, -0.2) is 9.18 Å². The van der Waals surface area contributed by atoms with Crippen LogP contribution in [0.3, 0.4) is 0 Å². The van der Waals surface area contributed by atoms with Crippen molar-refractivity contribution in [1.29, 1.82) is 0 Å². The molecular weight excluding hydrogens is 287 g/mol. The number of halogens is 1. The van der Waals surface area contributed by atoms with E-state index in [1.54, 1.807) is 12.1 Å². The van der Waals surface area contributed by atoms with E-state index in [0.717, 1.165) is 0 Å². The summed E-state index contributed by atoms with van der Waals surface area (Å²) in [5, 5.41) is 9.51. The Hall–Kier alpha value is -2.69. The van der Waals surface area contributed by atoms with Gasteiger partial charge in [0.05, 0.1) is 6.61 Å². The second-order valence-electron chi connectivity index (χ2n) is 4.69. The molecule has 0 aromatic heterocycles. The van der Waals surface area contributed by atoms with E-state index in [1.807, 2.05) is 0 Å². The highest BCUT2D eigenvalue weighted by Gasteiger charge is 2.12. The lowest BCUT2D eigenvalue weighted by atomic mass is 10.1. The molecular formula is C17H15FO4. The summed E-state index contributed by atoms with van der Waals surface area (Å²) in [5.74, 6) is -1.31. The first-order valence-electron chi connectivity index (χ1n) is 6.82. The fourth-order valence-corrected chi connectivity index (χ4v) is 1.90. The molecule has 0 unspecified atom stereocenters. The van der Waals surface area contributed by atoms with Crippen LogP contribution in [0.4, 0.5) is 4.39 Å². The zero-order chi connectivity index (χ0) is 15.9. The first-order valence-corrected chi connectivity index (χ1v) is 6.82. The number of para-hydroxylation sites is 1. The largest absolute Gasteiger partial charge is 0.507 e. The van der Waals surface area contributed by atoms with E-state index < -0.39 is 11.8 Å². The van der Waals surface area contributed by atoms with Gasteiger partial charge in [0.1, 0.15) is 17.1 Å². The molecule has 0 saturated carbocycles. The molecule has 5 heteroatoms. The van der Waals surface area contributed by atoms with Crippen molar-refractivity contribution in [3.05, 3.63) is 65.5 Å². The van der Waals surface area contributed by atoms with Crippen LogP contribution in [0.15, 0.2) is 48.5 Å². The average molecular weight is 302 g/mol.